The maximum atomic E-state index is 11.8. The third kappa shape index (κ3) is 2.22. The van der Waals surface area contributed by atoms with Crippen LogP contribution in [0.4, 0.5) is 10.5 Å². The number of carbonyl (C=O) groups excluding carboxylic acids is 2. The quantitative estimate of drug-likeness (QED) is 0.845. The lowest BCUT2D eigenvalue weighted by Gasteiger charge is -2.32. The fourth-order valence-corrected chi connectivity index (χ4v) is 1.76. The minimum Gasteiger partial charge on any atom is -0.477 e. The van der Waals surface area contributed by atoms with E-state index in [-0.39, 0.29) is 13.2 Å². The van der Waals surface area contributed by atoms with Gasteiger partial charge in [-0.1, -0.05) is 12.1 Å². The first-order chi connectivity index (χ1) is 8.63. The summed E-state index contributed by atoms with van der Waals surface area (Å²) in [5.41, 5.74) is 5.80. The van der Waals surface area contributed by atoms with E-state index in [1.807, 2.05) is 0 Å². The number of benzene rings is 1. The molecule has 0 aromatic heterocycles. The Kier molecular flexibility index (Phi) is 3.36. The van der Waals surface area contributed by atoms with Gasteiger partial charge in [0.05, 0.1) is 18.8 Å². The SMILES string of the molecule is CCOC(=O)N1CC(C(N)=O)Oc2ccccc21. The number of ether oxygens (including phenoxy) is 2. The van der Waals surface area contributed by atoms with Gasteiger partial charge in [0.2, 0.25) is 0 Å². The molecule has 18 heavy (non-hydrogen) atoms. The van der Waals surface area contributed by atoms with Crippen molar-refractivity contribution in [2.45, 2.75) is 13.0 Å². The normalized spacial score (nSPS) is 17.6. The molecule has 0 saturated carbocycles. The highest BCUT2D eigenvalue weighted by Gasteiger charge is 2.33. The Bertz CT molecular complexity index is 475. The van der Waals surface area contributed by atoms with Crippen LogP contribution in [0, 0.1) is 0 Å². The standard InChI is InChI=1S/C12H14N2O4/c1-2-17-12(16)14-7-10(11(13)15)18-9-6-4-3-5-8(9)14/h3-6,10H,2,7H2,1H3,(H2,13,15). The average molecular weight is 250 g/mol. The van der Waals surface area contributed by atoms with Gasteiger partial charge in [-0.2, -0.15) is 0 Å². The van der Waals surface area contributed by atoms with Crippen LogP contribution in [-0.4, -0.2) is 31.3 Å². The van der Waals surface area contributed by atoms with Gasteiger partial charge in [-0.3, -0.25) is 9.69 Å². The summed E-state index contributed by atoms with van der Waals surface area (Å²) in [6, 6.07) is 6.94. The molecule has 1 aliphatic rings. The molecule has 0 radical (unpaired) electrons. The molecule has 0 aliphatic carbocycles. The lowest BCUT2D eigenvalue weighted by atomic mass is 10.2. The first-order valence-corrected chi connectivity index (χ1v) is 5.62. The third-order valence-corrected chi connectivity index (χ3v) is 2.58. The van der Waals surface area contributed by atoms with E-state index in [0.717, 1.165) is 0 Å². The second-order valence-corrected chi connectivity index (χ2v) is 3.79. The zero-order valence-corrected chi connectivity index (χ0v) is 9.96. The largest absolute Gasteiger partial charge is 0.477 e. The summed E-state index contributed by atoms with van der Waals surface area (Å²) in [7, 11) is 0. The van der Waals surface area contributed by atoms with Gasteiger partial charge >= 0.3 is 6.09 Å². The molecule has 1 aromatic rings. The van der Waals surface area contributed by atoms with Crippen molar-refractivity contribution in [2.75, 3.05) is 18.1 Å². The molecular weight excluding hydrogens is 236 g/mol. The van der Waals surface area contributed by atoms with Gasteiger partial charge in [-0.15, -0.1) is 0 Å². The molecule has 2 rings (SSSR count). The lowest BCUT2D eigenvalue weighted by molar-refractivity contribution is -0.124. The number of carbonyl (C=O) groups is 2. The summed E-state index contributed by atoms with van der Waals surface area (Å²) in [5, 5.41) is 0. The number of hydrogen-bond donors (Lipinski definition) is 1. The summed E-state index contributed by atoms with van der Waals surface area (Å²) in [6.07, 6.45) is -1.37. The van der Waals surface area contributed by atoms with Gasteiger partial charge in [0.1, 0.15) is 5.75 Å². The van der Waals surface area contributed by atoms with Crippen molar-refractivity contribution in [3.8, 4) is 5.75 Å². The van der Waals surface area contributed by atoms with Crippen LogP contribution in [0.1, 0.15) is 6.92 Å². The van der Waals surface area contributed by atoms with Crippen molar-refractivity contribution in [3.05, 3.63) is 24.3 Å². The molecule has 1 aromatic carbocycles. The predicted octanol–water partition coefficient (Wildman–Crippen LogP) is 0.896. The van der Waals surface area contributed by atoms with E-state index >= 15 is 0 Å². The topological polar surface area (TPSA) is 81.9 Å². The van der Waals surface area contributed by atoms with Crippen molar-refractivity contribution >= 4 is 17.7 Å². The molecule has 1 atom stereocenters. The summed E-state index contributed by atoms with van der Waals surface area (Å²) < 4.78 is 10.4. The minimum atomic E-state index is -0.857. The van der Waals surface area contributed by atoms with Crippen molar-refractivity contribution in [1.82, 2.24) is 0 Å². The first kappa shape index (κ1) is 12.2. The summed E-state index contributed by atoms with van der Waals surface area (Å²) >= 11 is 0. The highest BCUT2D eigenvalue weighted by Crippen LogP contribution is 2.33. The third-order valence-electron chi connectivity index (χ3n) is 2.58. The van der Waals surface area contributed by atoms with Crippen LogP contribution in [0.3, 0.4) is 0 Å². The monoisotopic (exact) mass is 250 g/mol. The van der Waals surface area contributed by atoms with E-state index in [9.17, 15) is 9.59 Å². The molecule has 96 valence electrons. The number of nitrogens with zero attached hydrogens (tertiary/aromatic N) is 1. The Morgan fingerprint density at radius 2 is 2.22 bits per heavy atom. The van der Waals surface area contributed by atoms with Gasteiger partial charge in [0.15, 0.2) is 6.10 Å². The second-order valence-electron chi connectivity index (χ2n) is 3.79. The van der Waals surface area contributed by atoms with E-state index in [4.69, 9.17) is 15.2 Å². The minimum absolute atomic E-state index is 0.0607. The van der Waals surface area contributed by atoms with E-state index in [0.29, 0.717) is 11.4 Å². The molecule has 6 heteroatoms. The van der Waals surface area contributed by atoms with Crippen LogP contribution in [-0.2, 0) is 9.53 Å². The number of primary amides is 1. The maximum Gasteiger partial charge on any atom is 0.414 e. The number of para-hydroxylation sites is 2. The number of amides is 2. The van der Waals surface area contributed by atoms with Crippen LogP contribution in [0.15, 0.2) is 24.3 Å². The number of hydrogen-bond acceptors (Lipinski definition) is 4. The van der Waals surface area contributed by atoms with Crippen molar-refractivity contribution in [2.24, 2.45) is 5.73 Å². The zero-order chi connectivity index (χ0) is 13.1. The molecule has 0 fully saturated rings. The molecule has 6 nitrogen and oxygen atoms in total. The van der Waals surface area contributed by atoms with Gasteiger partial charge in [-0.25, -0.2) is 4.79 Å². The van der Waals surface area contributed by atoms with E-state index in [2.05, 4.69) is 0 Å². The summed E-state index contributed by atoms with van der Waals surface area (Å²) in [6.45, 7) is 2.04. The zero-order valence-electron chi connectivity index (χ0n) is 9.96. The van der Waals surface area contributed by atoms with Crippen LogP contribution in [0.2, 0.25) is 0 Å². The molecule has 2 N–H and O–H groups in total. The summed E-state index contributed by atoms with van der Waals surface area (Å²) in [4.78, 5) is 24.4. The predicted molar refractivity (Wildman–Crippen MR) is 64.4 cm³/mol. The van der Waals surface area contributed by atoms with Gasteiger partial charge < -0.3 is 15.2 Å². The Morgan fingerprint density at radius 3 is 2.89 bits per heavy atom. The Morgan fingerprint density at radius 1 is 1.50 bits per heavy atom. The summed E-state index contributed by atoms with van der Waals surface area (Å²) in [5.74, 6) is -0.167. The van der Waals surface area contributed by atoms with Crippen LogP contribution >= 0.6 is 0 Å². The van der Waals surface area contributed by atoms with Crippen molar-refractivity contribution < 1.29 is 19.1 Å². The lowest BCUT2D eigenvalue weighted by Crippen LogP contribution is -2.49. The Labute approximate surface area is 104 Å². The van der Waals surface area contributed by atoms with Crippen molar-refractivity contribution in [1.29, 1.82) is 0 Å². The number of anilines is 1. The highest BCUT2D eigenvalue weighted by molar-refractivity contribution is 5.92. The molecule has 0 spiro atoms. The smallest absolute Gasteiger partial charge is 0.414 e. The van der Waals surface area contributed by atoms with Crippen LogP contribution < -0.4 is 15.4 Å². The van der Waals surface area contributed by atoms with Gasteiger partial charge in [-0.05, 0) is 19.1 Å². The number of nitrogens with two attached hydrogens (primary N) is 1. The Hall–Kier alpha value is -2.24. The average Bonchev–Trinajstić information content (AvgIpc) is 2.37. The number of fused-ring (bicyclic) bond motifs is 1. The molecule has 0 saturated heterocycles. The molecule has 0 bridgehead atoms. The first-order valence-electron chi connectivity index (χ1n) is 5.62. The van der Waals surface area contributed by atoms with Gasteiger partial charge in [0, 0.05) is 0 Å². The highest BCUT2D eigenvalue weighted by atomic mass is 16.6. The van der Waals surface area contributed by atoms with Crippen LogP contribution in [0.25, 0.3) is 0 Å². The Balaban J connectivity index is 2.33. The van der Waals surface area contributed by atoms with Gasteiger partial charge in [0.25, 0.3) is 5.91 Å². The molecule has 1 aliphatic heterocycles. The number of rotatable bonds is 2. The molecule has 2 amide bonds. The molecular formula is C12H14N2O4. The molecule has 1 unspecified atom stereocenters. The van der Waals surface area contributed by atoms with E-state index < -0.39 is 18.1 Å². The van der Waals surface area contributed by atoms with Crippen LogP contribution in [0.5, 0.6) is 5.75 Å². The van der Waals surface area contributed by atoms with E-state index in [1.54, 1.807) is 31.2 Å². The fraction of sp³-hybridized carbons (Fsp3) is 0.333. The van der Waals surface area contributed by atoms with Crippen molar-refractivity contribution in [3.63, 3.8) is 0 Å². The van der Waals surface area contributed by atoms with E-state index in [1.165, 1.54) is 4.90 Å². The fourth-order valence-electron chi connectivity index (χ4n) is 1.76. The second kappa shape index (κ2) is 4.95. The maximum absolute atomic E-state index is 11.8. The molecule has 1 heterocycles.